The van der Waals surface area contributed by atoms with Crippen molar-refractivity contribution in [1.29, 1.82) is 0 Å². The summed E-state index contributed by atoms with van der Waals surface area (Å²) in [6.07, 6.45) is 0.723. The second kappa shape index (κ2) is 6.99. The topological polar surface area (TPSA) is 55.8 Å². The van der Waals surface area contributed by atoms with Gasteiger partial charge in [-0.1, -0.05) is 23.7 Å². The van der Waals surface area contributed by atoms with Crippen LogP contribution in [0.15, 0.2) is 42.5 Å². The van der Waals surface area contributed by atoms with Gasteiger partial charge in [-0.3, -0.25) is 0 Å². The largest absolute Gasteiger partial charge is 0.497 e. The van der Waals surface area contributed by atoms with Crippen LogP contribution >= 0.6 is 11.6 Å². The van der Waals surface area contributed by atoms with Crippen LogP contribution in [0.2, 0.25) is 5.02 Å². The van der Waals surface area contributed by atoms with Crippen LogP contribution in [-0.2, 0) is 6.42 Å². The second-order valence-corrected chi connectivity index (χ2v) is 4.80. The van der Waals surface area contributed by atoms with Gasteiger partial charge in [0.05, 0.1) is 24.3 Å². The molecule has 0 aliphatic carbocycles. The lowest BCUT2D eigenvalue weighted by Gasteiger charge is -2.09. The van der Waals surface area contributed by atoms with E-state index in [0.717, 1.165) is 17.7 Å². The van der Waals surface area contributed by atoms with Crippen LogP contribution in [0.25, 0.3) is 0 Å². The summed E-state index contributed by atoms with van der Waals surface area (Å²) in [4.78, 5) is 10.8. The maximum Gasteiger partial charge on any atom is 0.335 e. The molecule has 0 atom stereocenters. The Balaban J connectivity index is 1.92. The molecule has 0 bridgehead atoms. The van der Waals surface area contributed by atoms with Gasteiger partial charge in [0.15, 0.2) is 0 Å². The first-order valence-corrected chi connectivity index (χ1v) is 6.76. The Labute approximate surface area is 127 Å². The van der Waals surface area contributed by atoms with Gasteiger partial charge < -0.3 is 14.6 Å². The fraction of sp³-hybridized carbons (Fsp3) is 0.188. The quantitative estimate of drug-likeness (QED) is 0.884. The molecule has 0 heterocycles. The Bertz CT molecular complexity index is 623. The smallest absolute Gasteiger partial charge is 0.335 e. The third-order valence-corrected chi connectivity index (χ3v) is 3.28. The average molecular weight is 307 g/mol. The van der Waals surface area contributed by atoms with Crippen molar-refractivity contribution in [3.05, 3.63) is 58.6 Å². The lowest BCUT2D eigenvalue weighted by atomic mass is 10.1. The number of aromatic carboxylic acids is 1. The van der Waals surface area contributed by atoms with Crippen molar-refractivity contribution in [2.45, 2.75) is 6.42 Å². The van der Waals surface area contributed by atoms with Crippen LogP contribution in [-0.4, -0.2) is 24.8 Å². The van der Waals surface area contributed by atoms with Gasteiger partial charge in [-0.2, -0.15) is 0 Å². The standard InChI is InChI=1S/C16H15ClO4/c1-20-13-5-2-11(3-6-13)8-9-21-15-7-4-12(16(18)19)10-14(15)17/h2-7,10H,8-9H2,1H3,(H,18,19). The van der Waals surface area contributed by atoms with Crippen molar-refractivity contribution in [2.75, 3.05) is 13.7 Å². The van der Waals surface area contributed by atoms with Crippen LogP contribution in [0.4, 0.5) is 0 Å². The molecule has 2 rings (SSSR count). The Morgan fingerprint density at radius 2 is 1.90 bits per heavy atom. The molecule has 4 nitrogen and oxygen atoms in total. The zero-order chi connectivity index (χ0) is 15.2. The number of ether oxygens (including phenoxy) is 2. The minimum atomic E-state index is -1.01. The zero-order valence-electron chi connectivity index (χ0n) is 11.5. The van der Waals surface area contributed by atoms with Crippen molar-refractivity contribution in [2.24, 2.45) is 0 Å². The lowest BCUT2D eigenvalue weighted by Crippen LogP contribution is -2.03. The Kier molecular flexibility index (Phi) is 5.06. The highest BCUT2D eigenvalue weighted by molar-refractivity contribution is 6.32. The highest BCUT2D eigenvalue weighted by Gasteiger charge is 2.07. The summed E-state index contributed by atoms with van der Waals surface area (Å²) in [6, 6.07) is 12.1. The summed E-state index contributed by atoms with van der Waals surface area (Å²) in [5.74, 6) is 0.281. The van der Waals surface area contributed by atoms with E-state index in [2.05, 4.69) is 0 Å². The van der Waals surface area contributed by atoms with Gasteiger partial charge in [0, 0.05) is 6.42 Å². The third kappa shape index (κ3) is 4.13. The molecule has 2 aromatic carbocycles. The summed E-state index contributed by atoms with van der Waals surface area (Å²) in [5.41, 5.74) is 1.26. The van der Waals surface area contributed by atoms with Crippen LogP contribution < -0.4 is 9.47 Å². The fourth-order valence-corrected chi connectivity index (χ4v) is 2.06. The molecule has 0 saturated carbocycles. The Morgan fingerprint density at radius 1 is 1.19 bits per heavy atom. The van der Waals surface area contributed by atoms with E-state index < -0.39 is 5.97 Å². The van der Waals surface area contributed by atoms with Gasteiger partial charge in [0.25, 0.3) is 0 Å². The number of rotatable bonds is 6. The number of halogens is 1. The highest BCUT2D eigenvalue weighted by Crippen LogP contribution is 2.25. The van der Waals surface area contributed by atoms with Crippen LogP contribution in [0.3, 0.4) is 0 Å². The molecular formula is C16H15ClO4. The molecule has 0 spiro atoms. The second-order valence-electron chi connectivity index (χ2n) is 4.40. The van der Waals surface area contributed by atoms with Gasteiger partial charge >= 0.3 is 5.97 Å². The first kappa shape index (κ1) is 15.2. The summed E-state index contributed by atoms with van der Waals surface area (Å²) in [5, 5.41) is 9.15. The Hall–Kier alpha value is -2.20. The minimum absolute atomic E-state index is 0.141. The van der Waals surface area contributed by atoms with E-state index in [1.54, 1.807) is 13.2 Å². The molecular weight excluding hydrogens is 292 g/mol. The highest BCUT2D eigenvalue weighted by atomic mass is 35.5. The van der Waals surface area contributed by atoms with Gasteiger partial charge in [-0.15, -0.1) is 0 Å². The molecule has 110 valence electrons. The van der Waals surface area contributed by atoms with E-state index >= 15 is 0 Å². The van der Waals surface area contributed by atoms with E-state index in [0.29, 0.717) is 17.4 Å². The average Bonchev–Trinajstić information content (AvgIpc) is 2.49. The monoisotopic (exact) mass is 306 g/mol. The lowest BCUT2D eigenvalue weighted by molar-refractivity contribution is 0.0697. The van der Waals surface area contributed by atoms with E-state index in [1.807, 2.05) is 24.3 Å². The Morgan fingerprint density at radius 3 is 2.48 bits per heavy atom. The number of carboxylic acids is 1. The normalized spacial score (nSPS) is 10.2. The van der Waals surface area contributed by atoms with Crippen LogP contribution in [0.1, 0.15) is 15.9 Å². The van der Waals surface area contributed by atoms with Crippen molar-refractivity contribution >= 4 is 17.6 Å². The van der Waals surface area contributed by atoms with Gasteiger partial charge in [-0.05, 0) is 35.9 Å². The molecule has 0 fully saturated rings. The predicted molar refractivity (Wildman–Crippen MR) is 80.6 cm³/mol. The van der Waals surface area contributed by atoms with E-state index in [1.165, 1.54) is 12.1 Å². The van der Waals surface area contributed by atoms with Crippen LogP contribution in [0.5, 0.6) is 11.5 Å². The van der Waals surface area contributed by atoms with Gasteiger partial charge in [0.2, 0.25) is 0 Å². The van der Waals surface area contributed by atoms with Gasteiger partial charge in [0.1, 0.15) is 11.5 Å². The van der Waals surface area contributed by atoms with Crippen molar-refractivity contribution in [3.8, 4) is 11.5 Å². The molecule has 0 radical (unpaired) electrons. The third-order valence-electron chi connectivity index (χ3n) is 2.99. The summed E-state index contributed by atoms with van der Waals surface area (Å²) < 4.78 is 10.7. The molecule has 5 heteroatoms. The molecule has 0 amide bonds. The molecule has 1 N–H and O–H groups in total. The van der Waals surface area contributed by atoms with Crippen molar-refractivity contribution in [3.63, 3.8) is 0 Å². The van der Waals surface area contributed by atoms with Crippen LogP contribution in [0, 0.1) is 0 Å². The first-order chi connectivity index (χ1) is 10.1. The summed E-state index contributed by atoms with van der Waals surface area (Å²) in [6.45, 7) is 0.457. The molecule has 0 unspecified atom stereocenters. The number of carboxylic acid groups (broad SMARTS) is 1. The molecule has 2 aromatic rings. The van der Waals surface area contributed by atoms with E-state index in [-0.39, 0.29) is 5.56 Å². The number of benzene rings is 2. The molecule has 0 saturated heterocycles. The molecule has 0 aliphatic heterocycles. The first-order valence-electron chi connectivity index (χ1n) is 6.38. The molecule has 0 aromatic heterocycles. The number of hydrogen-bond acceptors (Lipinski definition) is 3. The number of hydrogen-bond donors (Lipinski definition) is 1. The fourth-order valence-electron chi connectivity index (χ4n) is 1.82. The maximum atomic E-state index is 10.8. The van der Waals surface area contributed by atoms with Crippen molar-refractivity contribution in [1.82, 2.24) is 0 Å². The number of methoxy groups -OCH3 is 1. The maximum absolute atomic E-state index is 10.8. The van der Waals surface area contributed by atoms with Gasteiger partial charge in [-0.25, -0.2) is 4.79 Å². The van der Waals surface area contributed by atoms with E-state index in [9.17, 15) is 4.79 Å². The molecule has 21 heavy (non-hydrogen) atoms. The minimum Gasteiger partial charge on any atom is -0.497 e. The summed E-state index contributed by atoms with van der Waals surface area (Å²) >= 11 is 5.99. The summed E-state index contributed by atoms with van der Waals surface area (Å²) in [7, 11) is 1.63. The van der Waals surface area contributed by atoms with E-state index in [4.69, 9.17) is 26.2 Å². The van der Waals surface area contributed by atoms with Crippen molar-refractivity contribution < 1.29 is 19.4 Å². The number of carbonyl (C=O) groups is 1. The molecule has 0 aliphatic rings. The predicted octanol–water partition coefficient (Wildman–Crippen LogP) is 3.67. The SMILES string of the molecule is COc1ccc(CCOc2ccc(C(=O)O)cc2Cl)cc1. The zero-order valence-corrected chi connectivity index (χ0v) is 12.3.